The van der Waals surface area contributed by atoms with Gasteiger partial charge in [0.2, 0.25) is 0 Å². The molecule has 0 amide bonds. The molecular formula is C18H26N2S. The molecule has 1 atom stereocenters. The van der Waals surface area contributed by atoms with Gasteiger partial charge in [0, 0.05) is 22.2 Å². The van der Waals surface area contributed by atoms with Crippen molar-refractivity contribution in [1.82, 2.24) is 10.2 Å². The monoisotopic (exact) mass is 302 g/mol. The van der Waals surface area contributed by atoms with Crippen LogP contribution >= 0.6 is 11.3 Å². The molecule has 3 heteroatoms. The number of hydrogen-bond donors (Lipinski definition) is 1. The van der Waals surface area contributed by atoms with Crippen molar-refractivity contribution in [3.63, 3.8) is 0 Å². The number of thiophene rings is 1. The fraction of sp³-hybridized carbons (Fsp3) is 0.556. The van der Waals surface area contributed by atoms with Gasteiger partial charge in [-0.1, -0.05) is 25.1 Å². The molecule has 2 heterocycles. The van der Waals surface area contributed by atoms with E-state index in [9.17, 15) is 0 Å². The Hall–Kier alpha value is -0.900. The zero-order chi connectivity index (χ0) is 14.7. The van der Waals surface area contributed by atoms with E-state index in [-0.39, 0.29) is 0 Å². The number of benzene rings is 1. The van der Waals surface area contributed by atoms with Crippen LogP contribution in [0.5, 0.6) is 0 Å². The van der Waals surface area contributed by atoms with Crippen molar-refractivity contribution in [3.05, 3.63) is 35.2 Å². The number of nitrogens with one attached hydrogen (secondary N) is 1. The third-order valence-electron chi connectivity index (χ3n) is 4.76. The van der Waals surface area contributed by atoms with Crippen LogP contribution in [0, 0.1) is 5.92 Å². The summed E-state index contributed by atoms with van der Waals surface area (Å²) in [5, 5.41) is 4.86. The molecule has 2 aromatic rings. The molecule has 0 bridgehead atoms. The average Bonchev–Trinajstić information content (AvgIpc) is 2.97. The summed E-state index contributed by atoms with van der Waals surface area (Å²) in [6, 6.07) is 11.7. The van der Waals surface area contributed by atoms with Crippen molar-refractivity contribution in [2.45, 2.75) is 32.7 Å². The van der Waals surface area contributed by atoms with Crippen LogP contribution < -0.4 is 5.32 Å². The highest BCUT2D eigenvalue weighted by Crippen LogP contribution is 2.33. The smallest absolute Gasteiger partial charge is 0.0413 e. The van der Waals surface area contributed by atoms with Crippen LogP contribution in [0.3, 0.4) is 0 Å². The Morgan fingerprint density at radius 3 is 2.76 bits per heavy atom. The van der Waals surface area contributed by atoms with Crippen LogP contribution in [0.25, 0.3) is 10.1 Å². The van der Waals surface area contributed by atoms with Gasteiger partial charge in [-0.2, -0.15) is 0 Å². The van der Waals surface area contributed by atoms with Crippen LogP contribution in [-0.4, -0.2) is 31.1 Å². The summed E-state index contributed by atoms with van der Waals surface area (Å²) in [6.07, 6.45) is 2.66. The topological polar surface area (TPSA) is 15.3 Å². The Morgan fingerprint density at radius 2 is 2.05 bits per heavy atom. The van der Waals surface area contributed by atoms with Crippen molar-refractivity contribution in [2.75, 3.05) is 26.2 Å². The van der Waals surface area contributed by atoms with Gasteiger partial charge in [-0.3, -0.25) is 4.90 Å². The summed E-state index contributed by atoms with van der Waals surface area (Å²) >= 11 is 1.96. The highest BCUT2D eigenvalue weighted by Gasteiger charge is 2.21. The van der Waals surface area contributed by atoms with E-state index in [0.29, 0.717) is 6.04 Å². The van der Waals surface area contributed by atoms with Gasteiger partial charge < -0.3 is 5.32 Å². The van der Waals surface area contributed by atoms with E-state index < -0.39 is 0 Å². The van der Waals surface area contributed by atoms with Gasteiger partial charge in [0.25, 0.3) is 0 Å². The van der Waals surface area contributed by atoms with E-state index in [4.69, 9.17) is 0 Å². The standard InChI is InChI=1S/C18H26N2S/c1-3-20(13-15-8-10-19-11-9-15)14(2)18-12-16-6-4-5-7-17(16)21-18/h4-7,12,14-15,19H,3,8-11,13H2,1-2H3. The minimum absolute atomic E-state index is 0.530. The predicted octanol–water partition coefficient (Wildman–Crippen LogP) is 4.28. The minimum Gasteiger partial charge on any atom is -0.317 e. The van der Waals surface area contributed by atoms with Gasteiger partial charge in [-0.25, -0.2) is 0 Å². The third-order valence-corrected chi connectivity index (χ3v) is 6.05. The first-order valence-electron chi connectivity index (χ1n) is 8.21. The fourth-order valence-corrected chi connectivity index (χ4v) is 4.50. The number of piperidine rings is 1. The third kappa shape index (κ3) is 3.47. The summed E-state index contributed by atoms with van der Waals surface area (Å²) in [5.74, 6) is 0.864. The lowest BCUT2D eigenvalue weighted by Crippen LogP contribution is -2.37. The molecule has 2 nitrogen and oxygen atoms in total. The highest BCUT2D eigenvalue weighted by atomic mass is 32.1. The first-order chi connectivity index (χ1) is 10.3. The summed E-state index contributed by atoms with van der Waals surface area (Å²) in [6.45, 7) is 9.44. The Kier molecular flexibility index (Phi) is 4.94. The van der Waals surface area contributed by atoms with E-state index in [1.54, 1.807) is 0 Å². The van der Waals surface area contributed by atoms with Gasteiger partial charge in [0.05, 0.1) is 0 Å². The van der Waals surface area contributed by atoms with E-state index >= 15 is 0 Å². The van der Waals surface area contributed by atoms with Crippen molar-refractivity contribution in [2.24, 2.45) is 5.92 Å². The minimum atomic E-state index is 0.530. The zero-order valence-corrected chi connectivity index (χ0v) is 14.0. The molecule has 0 radical (unpaired) electrons. The molecule has 0 saturated carbocycles. The number of fused-ring (bicyclic) bond motifs is 1. The lowest BCUT2D eigenvalue weighted by Gasteiger charge is -2.33. The maximum Gasteiger partial charge on any atom is 0.0413 e. The van der Waals surface area contributed by atoms with Gasteiger partial charge in [0.1, 0.15) is 0 Å². The Labute approximate surface area is 132 Å². The molecule has 1 N–H and O–H groups in total. The second-order valence-corrected chi connectivity index (χ2v) is 7.26. The molecule has 3 rings (SSSR count). The number of rotatable bonds is 5. The van der Waals surface area contributed by atoms with E-state index in [2.05, 4.69) is 54.4 Å². The molecule has 1 saturated heterocycles. The summed E-state index contributed by atoms with van der Waals surface area (Å²) < 4.78 is 1.41. The molecule has 0 spiro atoms. The van der Waals surface area contributed by atoms with Crippen LogP contribution in [0.2, 0.25) is 0 Å². The first-order valence-corrected chi connectivity index (χ1v) is 9.03. The van der Waals surface area contributed by atoms with Gasteiger partial charge >= 0.3 is 0 Å². The van der Waals surface area contributed by atoms with E-state index in [1.807, 2.05) is 11.3 Å². The molecule has 1 unspecified atom stereocenters. The maximum absolute atomic E-state index is 3.47. The molecule has 0 aliphatic carbocycles. The maximum atomic E-state index is 3.47. The molecule has 1 fully saturated rings. The van der Waals surface area contributed by atoms with Crippen LogP contribution in [0.1, 0.15) is 37.6 Å². The SMILES string of the molecule is CCN(CC1CCNCC1)C(C)c1cc2ccccc2s1. The molecule has 1 aliphatic rings. The second-order valence-electron chi connectivity index (χ2n) is 6.14. The molecule has 1 aliphatic heterocycles. The Bertz CT molecular complexity index is 538. The van der Waals surface area contributed by atoms with Crippen molar-refractivity contribution in [3.8, 4) is 0 Å². The molecule has 21 heavy (non-hydrogen) atoms. The summed E-state index contributed by atoms with van der Waals surface area (Å²) in [5.41, 5.74) is 0. The van der Waals surface area contributed by atoms with Crippen LogP contribution in [0.4, 0.5) is 0 Å². The normalized spacial score (nSPS) is 18.4. The zero-order valence-electron chi connectivity index (χ0n) is 13.1. The van der Waals surface area contributed by atoms with E-state index in [1.165, 1.54) is 47.4 Å². The quantitative estimate of drug-likeness (QED) is 0.886. The fourth-order valence-electron chi connectivity index (χ4n) is 3.35. The Morgan fingerprint density at radius 1 is 1.29 bits per heavy atom. The summed E-state index contributed by atoms with van der Waals surface area (Å²) in [7, 11) is 0. The van der Waals surface area contributed by atoms with Gasteiger partial charge in [-0.05, 0) is 62.8 Å². The predicted molar refractivity (Wildman–Crippen MR) is 93.1 cm³/mol. The van der Waals surface area contributed by atoms with Crippen LogP contribution in [-0.2, 0) is 0 Å². The lowest BCUT2D eigenvalue weighted by molar-refractivity contribution is 0.171. The van der Waals surface area contributed by atoms with Crippen molar-refractivity contribution in [1.29, 1.82) is 0 Å². The molecule has 1 aromatic carbocycles. The largest absolute Gasteiger partial charge is 0.317 e. The van der Waals surface area contributed by atoms with Crippen molar-refractivity contribution < 1.29 is 0 Å². The highest BCUT2D eigenvalue weighted by molar-refractivity contribution is 7.19. The average molecular weight is 302 g/mol. The number of nitrogens with zero attached hydrogens (tertiary/aromatic N) is 1. The molecule has 1 aromatic heterocycles. The second kappa shape index (κ2) is 6.91. The lowest BCUT2D eigenvalue weighted by atomic mass is 9.97. The Balaban J connectivity index is 1.72. The van der Waals surface area contributed by atoms with Crippen LogP contribution in [0.15, 0.2) is 30.3 Å². The van der Waals surface area contributed by atoms with Gasteiger partial charge in [0.15, 0.2) is 0 Å². The van der Waals surface area contributed by atoms with E-state index in [0.717, 1.165) is 12.5 Å². The first kappa shape index (κ1) is 15.0. The summed E-state index contributed by atoms with van der Waals surface area (Å²) in [4.78, 5) is 4.16. The van der Waals surface area contributed by atoms with Crippen molar-refractivity contribution >= 4 is 21.4 Å². The number of hydrogen-bond acceptors (Lipinski definition) is 3. The molecule has 114 valence electrons. The van der Waals surface area contributed by atoms with Gasteiger partial charge in [-0.15, -0.1) is 11.3 Å². The molecular weight excluding hydrogens is 276 g/mol.